The smallest absolute Gasteiger partial charge is 0.663 e. The monoisotopic (exact) mass is 763 g/mol. The zero-order valence-electron chi connectivity index (χ0n) is 24.2. The van der Waals surface area contributed by atoms with Crippen molar-refractivity contribution in [2.45, 2.75) is 12.6 Å². The van der Waals surface area contributed by atoms with Gasteiger partial charge in [0.25, 0.3) is 0 Å². The van der Waals surface area contributed by atoms with E-state index in [0.717, 1.165) is 62.7 Å². The van der Waals surface area contributed by atoms with Crippen molar-refractivity contribution < 1.29 is 21.1 Å². The van der Waals surface area contributed by atoms with Gasteiger partial charge in [-0.1, -0.05) is 109 Å². The summed E-state index contributed by atoms with van der Waals surface area (Å²) in [5.74, 6) is 0.826. The Labute approximate surface area is 277 Å². The number of hydrogen-bond acceptors (Lipinski definition) is 4. The van der Waals surface area contributed by atoms with Gasteiger partial charge >= 0.3 is 21.1 Å². The minimum atomic E-state index is -0.0869. The van der Waals surface area contributed by atoms with Crippen LogP contribution in [0.15, 0.2) is 151 Å². The van der Waals surface area contributed by atoms with Crippen LogP contribution in [-0.4, -0.2) is 16.1 Å². The number of nitrogens with zero attached hydrogens (tertiary/aromatic N) is 6. The first-order valence-electron chi connectivity index (χ1n) is 14.8. The summed E-state index contributed by atoms with van der Waals surface area (Å²) in [6, 6.07) is 49.4. The number of para-hydroxylation sites is 6. The second-order valence-corrected chi connectivity index (χ2v) is 10.7. The Morgan fingerprint density at radius 2 is 1.20 bits per heavy atom. The van der Waals surface area contributed by atoms with Crippen molar-refractivity contribution in [2.75, 3.05) is 9.80 Å². The fourth-order valence-corrected chi connectivity index (χ4v) is 5.91. The second-order valence-electron chi connectivity index (χ2n) is 10.7. The molecule has 8 rings (SSSR count). The number of benzene rings is 4. The predicted molar refractivity (Wildman–Crippen MR) is 179 cm³/mol. The summed E-state index contributed by atoms with van der Waals surface area (Å²) in [7, 11) is 0. The van der Waals surface area contributed by atoms with E-state index in [1.165, 1.54) is 0 Å². The average molecular weight is 764 g/mol. The molecule has 0 fully saturated rings. The van der Waals surface area contributed by atoms with Crippen LogP contribution in [0.5, 0.6) is 0 Å². The molecule has 4 aromatic carbocycles. The summed E-state index contributed by atoms with van der Waals surface area (Å²) in [6.45, 7) is 0. The number of anilines is 4. The van der Waals surface area contributed by atoms with Crippen molar-refractivity contribution in [3.05, 3.63) is 173 Å². The van der Waals surface area contributed by atoms with Crippen molar-refractivity contribution in [1.82, 2.24) is 9.97 Å². The first kappa shape index (κ1) is 28.6. The molecule has 4 heterocycles. The van der Waals surface area contributed by atoms with Crippen LogP contribution in [0, 0.1) is 0 Å². The van der Waals surface area contributed by atoms with Gasteiger partial charge in [-0.3, -0.25) is 4.98 Å². The Kier molecular flexibility index (Phi) is 7.89. The molecule has 45 heavy (non-hydrogen) atoms. The van der Waals surface area contributed by atoms with Crippen LogP contribution in [0.4, 0.5) is 34.1 Å². The first-order valence-corrected chi connectivity index (χ1v) is 14.8. The Bertz CT molecular complexity index is 1980. The zero-order chi connectivity index (χ0) is 29.3. The van der Waals surface area contributed by atoms with Crippen molar-refractivity contribution in [3.8, 4) is 11.4 Å². The van der Waals surface area contributed by atoms with Gasteiger partial charge in [-0.25, -0.2) is 4.98 Å². The van der Waals surface area contributed by atoms with Crippen LogP contribution in [0.1, 0.15) is 11.4 Å². The molecule has 2 aliphatic heterocycles. The van der Waals surface area contributed by atoms with Crippen molar-refractivity contribution in [1.29, 1.82) is 0 Å². The molecule has 2 aromatic heterocycles. The molecule has 1 unspecified atom stereocenters. The maximum Gasteiger partial charge on any atom is 2.00 e. The Hall–Kier alpha value is -5.19. The molecule has 2 aliphatic rings. The van der Waals surface area contributed by atoms with E-state index in [1.807, 2.05) is 78.9 Å². The summed E-state index contributed by atoms with van der Waals surface area (Å²) >= 11 is 0. The maximum absolute atomic E-state index is 5.08. The van der Waals surface area contributed by atoms with E-state index in [1.54, 1.807) is 0 Å². The third-order valence-electron chi connectivity index (χ3n) is 7.87. The quantitative estimate of drug-likeness (QED) is 0.170. The summed E-state index contributed by atoms with van der Waals surface area (Å²) in [6.07, 6.45) is 2.62. The molecule has 0 spiro atoms. The minimum Gasteiger partial charge on any atom is -0.663 e. The molecule has 0 amide bonds. The Morgan fingerprint density at radius 3 is 1.98 bits per heavy atom. The number of fused-ring (bicyclic) bond motifs is 2. The SMILES string of the molecule is C(=C1/[N-]c2ccccc2N1c1ccccc1)/c1cccc(-c2cccc(CC3[N-]c4ccccc4N3c3ccccc3)n2)n1.[Pt+2]. The molecule has 0 aliphatic carbocycles. The van der Waals surface area contributed by atoms with E-state index in [9.17, 15) is 0 Å². The molecule has 220 valence electrons. The van der Waals surface area contributed by atoms with Gasteiger partial charge in [0, 0.05) is 17.1 Å². The number of rotatable bonds is 6. The standard InChI is InChI=1S/C38H28N6.Pt/c1-3-15-29(16-4-1)43-35-23-9-7-19-33(35)41-37(43)25-27-13-11-21-31(39-27)32-22-12-14-28(40-32)26-38-42-34-20-8-10-24-36(34)44(38)30-17-5-2-6-18-30;/h1-25,38H,26H2;/q-2;+2/b37-25+;. The molecule has 0 saturated heterocycles. The molecular formula is C38H28N6Pt. The van der Waals surface area contributed by atoms with Crippen LogP contribution in [0.25, 0.3) is 28.1 Å². The maximum atomic E-state index is 5.08. The van der Waals surface area contributed by atoms with E-state index in [-0.39, 0.29) is 27.2 Å². The molecule has 0 bridgehead atoms. The van der Waals surface area contributed by atoms with E-state index in [4.69, 9.17) is 20.6 Å². The van der Waals surface area contributed by atoms with Gasteiger partial charge in [0.15, 0.2) is 0 Å². The van der Waals surface area contributed by atoms with Gasteiger partial charge in [-0.2, -0.15) is 0 Å². The molecule has 6 nitrogen and oxygen atoms in total. The molecule has 0 saturated carbocycles. The van der Waals surface area contributed by atoms with Crippen LogP contribution in [-0.2, 0) is 27.5 Å². The van der Waals surface area contributed by atoms with Crippen molar-refractivity contribution in [3.63, 3.8) is 0 Å². The van der Waals surface area contributed by atoms with Crippen LogP contribution in [0.3, 0.4) is 0 Å². The zero-order valence-corrected chi connectivity index (χ0v) is 26.5. The fourth-order valence-electron chi connectivity index (χ4n) is 5.91. The fraction of sp³-hybridized carbons (Fsp3) is 0.0526. The van der Waals surface area contributed by atoms with E-state index >= 15 is 0 Å². The molecule has 7 heteroatoms. The summed E-state index contributed by atoms with van der Waals surface area (Å²) < 4.78 is 0. The normalized spacial score (nSPS) is 15.6. The van der Waals surface area contributed by atoms with Crippen LogP contribution >= 0.6 is 0 Å². The topological polar surface area (TPSA) is 60.5 Å². The van der Waals surface area contributed by atoms with E-state index in [0.29, 0.717) is 6.42 Å². The van der Waals surface area contributed by atoms with Crippen LogP contribution < -0.4 is 9.80 Å². The number of aromatic nitrogens is 2. The van der Waals surface area contributed by atoms with Crippen molar-refractivity contribution in [2.24, 2.45) is 0 Å². The third-order valence-corrected chi connectivity index (χ3v) is 7.87. The molecule has 0 radical (unpaired) electrons. The van der Waals surface area contributed by atoms with Crippen LogP contribution in [0.2, 0.25) is 0 Å². The second kappa shape index (κ2) is 12.4. The summed E-state index contributed by atoms with van der Waals surface area (Å²) in [5.41, 5.74) is 9.72. The summed E-state index contributed by atoms with van der Waals surface area (Å²) in [4.78, 5) is 14.5. The van der Waals surface area contributed by atoms with E-state index < -0.39 is 0 Å². The Balaban J connectivity index is 0.00000325. The van der Waals surface area contributed by atoms with Gasteiger partial charge in [0.05, 0.1) is 17.1 Å². The van der Waals surface area contributed by atoms with Gasteiger partial charge in [-0.05, 0) is 78.2 Å². The molecule has 1 atom stereocenters. The molecule has 6 aromatic rings. The third kappa shape index (κ3) is 5.61. The molecular weight excluding hydrogens is 736 g/mol. The Morgan fingerprint density at radius 1 is 0.578 bits per heavy atom. The van der Waals surface area contributed by atoms with Gasteiger partial charge in [0.1, 0.15) is 0 Å². The minimum absolute atomic E-state index is 0. The largest absolute Gasteiger partial charge is 2.00 e. The first-order chi connectivity index (χ1) is 21.8. The van der Waals surface area contributed by atoms with Gasteiger partial charge in [-0.15, -0.1) is 5.69 Å². The van der Waals surface area contributed by atoms with E-state index in [2.05, 4.69) is 82.6 Å². The van der Waals surface area contributed by atoms with Gasteiger partial charge < -0.3 is 20.4 Å². The predicted octanol–water partition coefficient (Wildman–Crippen LogP) is 10.0. The number of hydrogen-bond donors (Lipinski definition) is 0. The van der Waals surface area contributed by atoms with Gasteiger partial charge in [0.2, 0.25) is 0 Å². The summed E-state index contributed by atoms with van der Waals surface area (Å²) in [5, 5.41) is 10.0. The van der Waals surface area contributed by atoms with Crippen molar-refractivity contribution >= 4 is 40.2 Å². The molecule has 0 N–H and O–H groups in total. The average Bonchev–Trinajstić information content (AvgIpc) is 3.63. The number of pyridine rings is 2.